The summed E-state index contributed by atoms with van der Waals surface area (Å²) in [5.74, 6) is -0.273. The molecule has 0 aliphatic carbocycles. The van der Waals surface area contributed by atoms with Gasteiger partial charge in [-0.2, -0.15) is 15.4 Å². The quantitative estimate of drug-likeness (QED) is 0.770. The number of fused-ring (bicyclic) bond motifs is 1. The zero-order valence-corrected chi connectivity index (χ0v) is 10.8. The minimum Gasteiger partial charge on any atom is -0.484 e. The van der Waals surface area contributed by atoms with Crippen LogP contribution in [0.3, 0.4) is 0 Å². The predicted molar refractivity (Wildman–Crippen MR) is 74.4 cm³/mol. The van der Waals surface area contributed by atoms with E-state index in [0.29, 0.717) is 22.5 Å². The van der Waals surface area contributed by atoms with Crippen LogP contribution in [0, 0.1) is 5.82 Å². The molecule has 0 bridgehead atoms. The average molecular weight is 286 g/mol. The van der Waals surface area contributed by atoms with Gasteiger partial charge in [0.2, 0.25) is 0 Å². The number of nitrogens with zero attached hydrogens (tertiary/aromatic N) is 2. The number of rotatable bonds is 4. The summed E-state index contributed by atoms with van der Waals surface area (Å²) in [4.78, 5) is 11.8. The van der Waals surface area contributed by atoms with Crippen molar-refractivity contribution in [2.24, 2.45) is 0 Å². The zero-order valence-electron chi connectivity index (χ0n) is 10.8. The molecule has 21 heavy (non-hydrogen) atoms. The number of hydrogen-bond donors (Lipinski definition) is 2. The number of carbonyl (C=O) groups is 1. The molecule has 0 aliphatic heterocycles. The molecule has 2 aromatic carbocycles. The monoisotopic (exact) mass is 286 g/mol. The van der Waals surface area contributed by atoms with E-state index in [9.17, 15) is 9.18 Å². The third kappa shape index (κ3) is 2.97. The fourth-order valence-electron chi connectivity index (χ4n) is 1.83. The maximum absolute atomic E-state index is 12.7. The minimum absolute atomic E-state index is 0.181. The number of ether oxygens (including phenoxy) is 1. The van der Waals surface area contributed by atoms with Crippen LogP contribution in [0.25, 0.3) is 11.0 Å². The van der Waals surface area contributed by atoms with Gasteiger partial charge in [-0.1, -0.05) is 6.07 Å². The van der Waals surface area contributed by atoms with Gasteiger partial charge in [-0.15, -0.1) is 0 Å². The van der Waals surface area contributed by atoms with E-state index in [2.05, 4.69) is 20.7 Å². The lowest BCUT2D eigenvalue weighted by molar-refractivity contribution is -0.118. The standard InChI is InChI=1S/C14H11FN4O2/c15-9-4-6-10(7-5-9)21-8-13(20)16-11-2-1-3-12-14(11)18-19-17-12/h1-7H,8H2,(H,16,20)(H,17,18,19). The number of aromatic nitrogens is 3. The normalized spacial score (nSPS) is 10.5. The number of amides is 1. The molecule has 0 fully saturated rings. The van der Waals surface area contributed by atoms with Crippen LogP contribution < -0.4 is 10.1 Å². The number of benzene rings is 2. The Morgan fingerprint density at radius 1 is 1.19 bits per heavy atom. The van der Waals surface area contributed by atoms with Crippen LogP contribution in [0.5, 0.6) is 5.75 Å². The highest BCUT2D eigenvalue weighted by molar-refractivity contribution is 5.99. The fourth-order valence-corrected chi connectivity index (χ4v) is 1.83. The second-order valence-electron chi connectivity index (χ2n) is 4.29. The van der Waals surface area contributed by atoms with E-state index in [1.807, 2.05) is 0 Å². The smallest absolute Gasteiger partial charge is 0.262 e. The lowest BCUT2D eigenvalue weighted by Gasteiger charge is -2.07. The summed E-state index contributed by atoms with van der Waals surface area (Å²) in [7, 11) is 0. The van der Waals surface area contributed by atoms with Crippen molar-refractivity contribution in [1.82, 2.24) is 15.4 Å². The van der Waals surface area contributed by atoms with Crippen LogP contribution in [0.4, 0.5) is 10.1 Å². The lowest BCUT2D eigenvalue weighted by atomic mass is 10.2. The molecular formula is C14H11FN4O2. The fraction of sp³-hybridized carbons (Fsp3) is 0.0714. The van der Waals surface area contributed by atoms with Gasteiger partial charge in [0.1, 0.15) is 22.6 Å². The Morgan fingerprint density at radius 3 is 2.81 bits per heavy atom. The molecule has 2 N–H and O–H groups in total. The van der Waals surface area contributed by atoms with Gasteiger partial charge in [-0.25, -0.2) is 4.39 Å². The molecule has 0 atom stereocenters. The largest absolute Gasteiger partial charge is 0.484 e. The van der Waals surface area contributed by atoms with Gasteiger partial charge >= 0.3 is 0 Å². The Kier molecular flexibility index (Phi) is 3.46. The predicted octanol–water partition coefficient (Wildman–Crippen LogP) is 2.11. The van der Waals surface area contributed by atoms with E-state index >= 15 is 0 Å². The van der Waals surface area contributed by atoms with Crippen molar-refractivity contribution in [3.05, 3.63) is 48.3 Å². The van der Waals surface area contributed by atoms with E-state index in [1.165, 1.54) is 24.3 Å². The van der Waals surface area contributed by atoms with Gasteiger partial charge in [0.05, 0.1) is 5.69 Å². The molecule has 1 heterocycles. The van der Waals surface area contributed by atoms with E-state index in [0.717, 1.165) is 0 Å². The first-order valence-electron chi connectivity index (χ1n) is 6.20. The number of nitrogens with one attached hydrogen (secondary N) is 2. The van der Waals surface area contributed by atoms with Crippen LogP contribution in [0.1, 0.15) is 0 Å². The Hall–Kier alpha value is -2.96. The van der Waals surface area contributed by atoms with Crippen LogP contribution in [0.15, 0.2) is 42.5 Å². The third-order valence-corrected chi connectivity index (χ3v) is 2.80. The Labute approximate surface area is 118 Å². The van der Waals surface area contributed by atoms with Gasteiger partial charge in [-0.3, -0.25) is 4.79 Å². The molecule has 6 nitrogen and oxygen atoms in total. The molecular weight excluding hydrogens is 275 g/mol. The van der Waals surface area contributed by atoms with Crippen molar-refractivity contribution >= 4 is 22.6 Å². The van der Waals surface area contributed by atoms with Crippen molar-refractivity contribution < 1.29 is 13.9 Å². The first-order valence-corrected chi connectivity index (χ1v) is 6.20. The summed E-state index contributed by atoms with van der Waals surface area (Å²) in [5, 5.41) is 13.1. The first kappa shape index (κ1) is 13.0. The van der Waals surface area contributed by atoms with Crippen LogP contribution in [-0.2, 0) is 4.79 Å². The summed E-state index contributed by atoms with van der Waals surface area (Å²) >= 11 is 0. The number of aromatic amines is 1. The van der Waals surface area contributed by atoms with Gasteiger partial charge in [0, 0.05) is 0 Å². The highest BCUT2D eigenvalue weighted by Gasteiger charge is 2.09. The number of carbonyl (C=O) groups excluding carboxylic acids is 1. The topological polar surface area (TPSA) is 79.9 Å². The molecule has 0 aliphatic rings. The van der Waals surface area contributed by atoms with Gasteiger partial charge in [0.25, 0.3) is 5.91 Å². The van der Waals surface area contributed by atoms with Crippen molar-refractivity contribution in [3.8, 4) is 5.75 Å². The Bertz CT molecular complexity index is 770. The number of H-pyrrole nitrogens is 1. The molecule has 0 saturated heterocycles. The summed E-state index contributed by atoms with van der Waals surface area (Å²) in [6, 6.07) is 10.7. The molecule has 3 aromatic rings. The Morgan fingerprint density at radius 2 is 2.00 bits per heavy atom. The number of para-hydroxylation sites is 1. The molecule has 106 valence electrons. The van der Waals surface area contributed by atoms with Crippen LogP contribution in [-0.4, -0.2) is 27.9 Å². The maximum atomic E-state index is 12.7. The van der Waals surface area contributed by atoms with Gasteiger partial charge < -0.3 is 10.1 Å². The number of hydrogen-bond acceptors (Lipinski definition) is 4. The summed E-state index contributed by atoms with van der Waals surface area (Å²) in [6.07, 6.45) is 0. The molecule has 0 spiro atoms. The summed E-state index contributed by atoms with van der Waals surface area (Å²) in [6.45, 7) is -0.181. The second-order valence-corrected chi connectivity index (χ2v) is 4.29. The van der Waals surface area contributed by atoms with Crippen molar-refractivity contribution in [3.63, 3.8) is 0 Å². The van der Waals surface area contributed by atoms with E-state index in [-0.39, 0.29) is 18.3 Å². The number of halogens is 1. The SMILES string of the molecule is O=C(COc1ccc(F)cc1)Nc1cccc2n[nH]nc12. The van der Waals surface area contributed by atoms with Crippen molar-refractivity contribution in [1.29, 1.82) is 0 Å². The average Bonchev–Trinajstić information content (AvgIpc) is 2.96. The van der Waals surface area contributed by atoms with E-state index < -0.39 is 0 Å². The summed E-state index contributed by atoms with van der Waals surface area (Å²) < 4.78 is 18.0. The van der Waals surface area contributed by atoms with Crippen LogP contribution in [0.2, 0.25) is 0 Å². The lowest BCUT2D eigenvalue weighted by Crippen LogP contribution is -2.20. The molecule has 7 heteroatoms. The molecule has 1 amide bonds. The molecule has 1 aromatic heterocycles. The maximum Gasteiger partial charge on any atom is 0.262 e. The molecule has 0 saturated carbocycles. The van der Waals surface area contributed by atoms with E-state index in [1.54, 1.807) is 18.2 Å². The van der Waals surface area contributed by atoms with Crippen molar-refractivity contribution in [2.75, 3.05) is 11.9 Å². The zero-order chi connectivity index (χ0) is 14.7. The summed E-state index contributed by atoms with van der Waals surface area (Å²) in [5.41, 5.74) is 1.79. The van der Waals surface area contributed by atoms with Gasteiger partial charge in [0.15, 0.2) is 6.61 Å². The van der Waals surface area contributed by atoms with Gasteiger partial charge in [-0.05, 0) is 36.4 Å². The molecule has 0 unspecified atom stereocenters. The number of anilines is 1. The van der Waals surface area contributed by atoms with Crippen molar-refractivity contribution in [2.45, 2.75) is 0 Å². The second kappa shape index (κ2) is 5.58. The molecule has 0 radical (unpaired) electrons. The first-order chi connectivity index (χ1) is 10.2. The van der Waals surface area contributed by atoms with Crippen LogP contribution >= 0.6 is 0 Å². The minimum atomic E-state index is -0.357. The highest BCUT2D eigenvalue weighted by Crippen LogP contribution is 2.18. The third-order valence-electron chi connectivity index (χ3n) is 2.80. The molecule has 3 rings (SSSR count). The van der Waals surface area contributed by atoms with E-state index in [4.69, 9.17) is 4.74 Å². The highest BCUT2D eigenvalue weighted by atomic mass is 19.1. The Balaban J connectivity index is 1.64.